The highest BCUT2D eigenvalue weighted by molar-refractivity contribution is 5.89. The number of non-ortho nitro benzene ring substituents is 2. The first kappa shape index (κ1) is 34.0. The predicted molar refractivity (Wildman–Crippen MR) is 167 cm³/mol. The number of hydrogen-bond donors (Lipinski definition) is 2. The number of nitro benzene ring substituents is 2. The summed E-state index contributed by atoms with van der Waals surface area (Å²) in [6.45, 7) is 1.77. The lowest BCUT2D eigenvalue weighted by molar-refractivity contribution is -0.385. The van der Waals surface area contributed by atoms with E-state index >= 15 is 0 Å². The summed E-state index contributed by atoms with van der Waals surface area (Å²) in [5.74, 6) is -0.700. The van der Waals surface area contributed by atoms with Crippen LogP contribution in [-0.4, -0.2) is 68.4 Å². The fourth-order valence-corrected chi connectivity index (χ4v) is 5.81. The highest BCUT2D eigenvalue weighted by Crippen LogP contribution is 2.20. The maximum absolute atomic E-state index is 12.9. The quantitative estimate of drug-likeness (QED) is 0.168. The molecule has 2 aliphatic rings. The van der Waals surface area contributed by atoms with E-state index in [4.69, 9.17) is 0 Å². The summed E-state index contributed by atoms with van der Waals surface area (Å²) in [7, 11) is 0. The second-order valence-corrected chi connectivity index (χ2v) is 11.8. The number of piperidine rings is 2. The fourth-order valence-electron chi connectivity index (χ4n) is 5.81. The van der Waals surface area contributed by atoms with Gasteiger partial charge < -0.3 is 20.4 Å². The second kappa shape index (κ2) is 16.4. The molecule has 0 aliphatic carbocycles. The molecule has 2 atom stereocenters. The van der Waals surface area contributed by atoms with E-state index in [9.17, 15) is 39.4 Å². The average molecular weight is 637 g/mol. The molecule has 0 spiro atoms. The maximum Gasteiger partial charge on any atom is 0.269 e. The molecule has 2 aromatic carbocycles. The van der Waals surface area contributed by atoms with E-state index < -0.39 is 21.9 Å². The first-order valence-electron chi connectivity index (χ1n) is 15.7. The van der Waals surface area contributed by atoms with Crippen LogP contribution in [0.25, 0.3) is 0 Å². The van der Waals surface area contributed by atoms with Gasteiger partial charge >= 0.3 is 0 Å². The smallest absolute Gasteiger partial charge is 0.269 e. The number of carbonyl (C=O) groups excluding carboxylic acids is 4. The first-order valence-corrected chi connectivity index (χ1v) is 15.7. The highest BCUT2D eigenvalue weighted by Gasteiger charge is 2.31. The fraction of sp³-hybridized carbons (Fsp3) is 0.500. The maximum atomic E-state index is 12.9. The topological polar surface area (TPSA) is 185 Å². The van der Waals surface area contributed by atoms with E-state index in [-0.39, 0.29) is 47.8 Å². The lowest BCUT2D eigenvalue weighted by atomic mass is 10.0. The number of amides is 4. The van der Waals surface area contributed by atoms with Crippen LogP contribution in [0.5, 0.6) is 0 Å². The molecule has 0 bridgehead atoms. The van der Waals surface area contributed by atoms with Crippen molar-refractivity contribution in [2.45, 2.75) is 89.4 Å². The molecular formula is C32H40N6O8. The minimum atomic E-state index is -0.587. The van der Waals surface area contributed by atoms with Crippen molar-refractivity contribution in [3.05, 3.63) is 79.9 Å². The van der Waals surface area contributed by atoms with Crippen molar-refractivity contribution >= 4 is 35.0 Å². The Morgan fingerprint density at radius 2 is 1.02 bits per heavy atom. The Balaban J connectivity index is 1.09. The van der Waals surface area contributed by atoms with Crippen LogP contribution in [0, 0.1) is 20.2 Å². The molecule has 0 radical (unpaired) electrons. The van der Waals surface area contributed by atoms with Crippen LogP contribution in [0.2, 0.25) is 0 Å². The minimum absolute atomic E-state index is 0.00961. The van der Waals surface area contributed by atoms with E-state index in [2.05, 4.69) is 10.6 Å². The molecule has 2 N–H and O–H groups in total. The van der Waals surface area contributed by atoms with Crippen LogP contribution in [0.4, 0.5) is 11.4 Å². The lowest BCUT2D eigenvalue weighted by Gasteiger charge is -2.32. The van der Waals surface area contributed by atoms with Crippen LogP contribution >= 0.6 is 0 Å². The Bertz CT molecular complexity index is 1310. The van der Waals surface area contributed by atoms with Crippen molar-refractivity contribution in [3.8, 4) is 0 Å². The van der Waals surface area contributed by atoms with Gasteiger partial charge in [-0.2, -0.15) is 0 Å². The monoisotopic (exact) mass is 636 g/mol. The Kier molecular flexibility index (Phi) is 12.1. The number of hydrogen-bond acceptors (Lipinski definition) is 8. The van der Waals surface area contributed by atoms with E-state index in [0.717, 1.165) is 36.8 Å². The molecule has 14 heteroatoms. The molecule has 2 saturated heterocycles. The summed E-state index contributed by atoms with van der Waals surface area (Å²) in [5.41, 5.74) is 1.55. The zero-order valence-electron chi connectivity index (χ0n) is 25.7. The molecule has 4 amide bonds. The number of nitro groups is 2. The van der Waals surface area contributed by atoms with Crippen molar-refractivity contribution in [1.82, 2.24) is 20.4 Å². The summed E-state index contributed by atoms with van der Waals surface area (Å²) < 4.78 is 0. The molecule has 2 aliphatic heterocycles. The minimum Gasteiger partial charge on any atom is -0.344 e. The SMILES string of the molecule is O=C(CCCCCCC(=O)NC1CCCN(Cc2ccc([N+](=O)[O-])cc2)C1=O)NC1CCCN(Cc2ccc([N+](=O)[O-])cc2)C1=O. The number of benzene rings is 2. The molecule has 2 fully saturated rings. The largest absolute Gasteiger partial charge is 0.344 e. The van der Waals surface area contributed by atoms with Gasteiger partial charge in [-0.1, -0.05) is 37.1 Å². The van der Waals surface area contributed by atoms with E-state index in [0.29, 0.717) is 51.9 Å². The van der Waals surface area contributed by atoms with Gasteiger partial charge in [-0.15, -0.1) is 0 Å². The van der Waals surface area contributed by atoms with Gasteiger partial charge in [0, 0.05) is 63.3 Å². The zero-order valence-corrected chi connectivity index (χ0v) is 25.7. The average Bonchev–Trinajstić information content (AvgIpc) is 3.03. The molecule has 2 heterocycles. The number of rotatable bonds is 15. The normalized spacial score (nSPS) is 18.3. The third-order valence-electron chi connectivity index (χ3n) is 8.33. The van der Waals surface area contributed by atoms with Gasteiger partial charge in [-0.3, -0.25) is 39.4 Å². The third-order valence-corrected chi connectivity index (χ3v) is 8.33. The summed E-state index contributed by atoms with van der Waals surface area (Å²) >= 11 is 0. The number of nitrogens with one attached hydrogen (secondary N) is 2. The van der Waals surface area contributed by atoms with Gasteiger partial charge in [0.25, 0.3) is 11.4 Å². The number of unbranched alkanes of at least 4 members (excludes halogenated alkanes) is 3. The zero-order chi connectivity index (χ0) is 33.1. The molecule has 4 rings (SSSR count). The molecule has 0 saturated carbocycles. The summed E-state index contributed by atoms with van der Waals surface area (Å²) in [4.78, 5) is 75.0. The van der Waals surface area contributed by atoms with Gasteiger partial charge in [0.15, 0.2) is 0 Å². The highest BCUT2D eigenvalue weighted by atomic mass is 16.6. The summed E-state index contributed by atoms with van der Waals surface area (Å²) in [6, 6.07) is 11.0. The Morgan fingerprint density at radius 3 is 1.37 bits per heavy atom. The van der Waals surface area contributed by atoms with Crippen molar-refractivity contribution in [2.75, 3.05) is 13.1 Å². The number of likely N-dealkylation sites (tertiary alicyclic amines) is 2. The number of carbonyl (C=O) groups is 4. The van der Waals surface area contributed by atoms with Gasteiger partial charge in [0.05, 0.1) is 9.85 Å². The van der Waals surface area contributed by atoms with Crippen LogP contribution in [0.3, 0.4) is 0 Å². The summed E-state index contributed by atoms with van der Waals surface area (Å²) in [5, 5.41) is 27.4. The van der Waals surface area contributed by atoms with Gasteiger partial charge in [0.2, 0.25) is 23.6 Å². The van der Waals surface area contributed by atoms with Crippen LogP contribution in [0.1, 0.15) is 75.3 Å². The van der Waals surface area contributed by atoms with Crippen LogP contribution < -0.4 is 10.6 Å². The molecule has 2 unspecified atom stereocenters. The van der Waals surface area contributed by atoms with Crippen LogP contribution in [-0.2, 0) is 32.3 Å². The van der Waals surface area contributed by atoms with Crippen molar-refractivity contribution in [1.29, 1.82) is 0 Å². The van der Waals surface area contributed by atoms with Crippen molar-refractivity contribution in [3.63, 3.8) is 0 Å². The van der Waals surface area contributed by atoms with Gasteiger partial charge in [-0.25, -0.2) is 0 Å². The van der Waals surface area contributed by atoms with Gasteiger partial charge in [0.1, 0.15) is 12.1 Å². The predicted octanol–water partition coefficient (Wildman–Crippen LogP) is 3.76. The molecule has 0 aromatic heterocycles. The molecule has 2 aromatic rings. The summed E-state index contributed by atoms with van der Waals surface area (Å²) in [6.07, 6.45) is 5.92. The standard InChI is InChI=1S/C32H40N6O8/c39-29(33-27-7-5-19-35(31(27)41)21-23-11-15-25(16-12-23)37(43)44)9-3-1-2-4-10-30(40)34-28-8-6-20-36(32(28)42)22-24-13-17-26(18-14-24)38(45)46/h11-18,27-28H,1-10,19-22H2,(H,33,39)(H,34,40). The Morgan fingerprint density at radius 1 is 0.652 bits per heavy atom. The second-order valence-electron chi connectivity index (χ2n) is 11.8. The molecule has 14 nitrogen and oxygen atoms in total. The third kappa shape index (κ3) is 9.81. The van der Waals surface area contributed by atoms with Crippen molar-refractivity contribution in [2.24, 2.45) is 0 Å². The Labute approximate surface area is 266 Å². The van der Waals surface area contributed by atoms with E-state index in [1.807, 2.05) is 0 Å². The van der Waals surface area contributed by atoms with Crippen LogP contribution in [0.15, 0.2) is 48.5 Å². The molecule has 46 heavy (non-hydrogen) atoms. The molecule has 246 valence electrons. The number of nitrogens with zero attached hydrogens (tertiary/aromatic N) is 4. The molecular weight excluding hydrogens is 596 g/mol. The van der Waals surface area contributed by atoms with E-state index in [1.54, 1.807) is 34.1 Å². The van der Waals surface area contributed by atoms with Crippen molar-refractivity contribution < 1.29 is 29.0 Å². The Hall–Kier alpha value is -4.88. The van der Waals surface area contributed by atoms with E-state index in [1.165, 1.54) is 24.3 Å². The van der Waals surface area contributed by atoms with Gasteiger partial charge in [-0.05, 0) is 49.7 Å². The lowest BCUT2D eigenvalue weighted by Crippen LogP contribution is -2.51. The first-order chi connectivity index (χ1) is 22.1.